The van der Waals surface area contributed by atoms with Gasteiger partial charge in [0.15, 0.2) is 11.5 Å². The zero-order chi connectivity index (χ0) is 21.3. The first kappa shape index (κ1) is 20.7. The number of nitrogens with one attached hydrogen (secondary N) is 1. The molecule has 1 N–H and O–H groups in total. The van der Waals surface area contributed by atoms with E-state index in [0.717, 1.165) is 49.1 Å². The Kier molecular flexibility index (Phi) is 5.97. The summed E-state index contributed by atoms with van der Waals surface area (Å²) in [6, 6.07) is 4.00. The molecule has 0 spiro atoms. The lowest BCUT2D eigenvalue weighted by Crippen LogP contribution is -2.37. The van der Waals surface area contributed by atoms with E-state index in [1.807, 2.05) is 12.1 Å². The number of carbonyl (C=O) groups excluding carboxylic acids is 2. The van der Waals surface area contributed by atoms with E-state index >= 15 is 0 Å². The summed E-state index contributed by atoms with van der Waals surface area (Å²) in [6.07, 6.45) is 3.69. The van der Waals surface area contributed by atoms with Crippen molar-refractivity contribution in [2.24, 2.45) is 0 Å². The van der Waals surface area contributed by atoms with Crippen molar-refractivity contribution >= 4 is 28.2 Å². The highest BCUT2D eigenvalue weighted by atomic mass is 32.1. The Morgan fingerprint density at radius 1 is 1.07 bits per heavy atom. The third kappa shape index (κ3) is 3.89. The largest absolute Gasteiger partial charge is 0.493 e. The number of amides is 1. The Labute approximate surface area is 179 Å². The molecule has 0 bridgehead atoms. The molecule has 1 amide bonds. The highest BCUT2D eigenvalue weighted by Crippen LogP contribution is 2.39. The van der Waals surface area contributed by atoms with Gasteiger partial charge in [0, 0.05) is 18.0 Å². The fraction of sp³-hybridized carbons (Fsp3) is 0.455. The molecule has 8 heteroatoms. The van der Waals surface area contributed by atoms with Crippen LogP contribution in [0, 0.1) is 0 Å². The first-order valence-corrected chi connectivity index (χ1v) is 10.8. The standard InChI is InChI=1S/C22H26N2O5S/c1-27-16-9-13-7-8-24(11-14(13)10-17(16)28-2)12-19(25)23-21-20(22(26)29-3)15-5-4-6-18(15)30-21/h9-10H,4-8,11-12H2,1-3H3,(H,23,25). The van der Waals surface area contributed by atoms with Crippen LogP contribution in [0.25, 0.3) is 0 Å². The zero-order valence-electron chi connectivity index (χ0n) is 17.5. The van der Waals surface area contributed by atoms with E-state index in [1.54, 1.807) is 14.2 Å². The van der Waals surface area contributed by atoms with Crippen molar-refractivity contribution in [1.82, 2.24) is 4.90 Å². The number of hydrogen-bond acceptors (Lipinski definition) is 7. The second-order valence-corrected chi connectivity index (χ2v) is 8.64. The predicted octanol–water partition coefficient (Wildman–Crippen LogP) is 3.04. The smallest absolute Gasteiger partial charge is 0.341 e. The molecular formula is C22H26N2O5S. The Bertz CT molecular complexity index is 984. The molecule has 1 aliphatic carbocycles. The van der Waals surface area contributed by atoms with Crippen LogP contribution in [-0.2, 0) is 35.3 Å². The van der Waals surface area contributed by atoms with Crippen LogP contribution in [0.2, 0.25) is 0 Å². The molecule has 160 valence electrons. The monoisotopic (exact) mass is 430 g/mol. The van der Waals surface area contributed by atoms with Crippen LogP contribution in [0.5, 0.6) is 11.5 Å². The molecule has 1 aromatic heterocycles. The number of carbonyl (C=O) groups is 2. The second kappa shape index (κ2) is 8.65. The van der Waals surface area contributed by atoms with Crippen molar-refractivity contribution < 1.29 is 23.8 Å². The lowest BCUT2D eigenvalue weighted by Gasteiger charge is -2.29. The lowest BCUT2D eigenvalue weighted by atomic mass is 9.99. The van der Waals surface area contributed by atoms with Crippen molar-refractivity contribution in [3.8, 4) is 11.5 Å². The Morgan fingerprint density at radius 3 is 2.50 bits per heavy atom. The average molecular weight is 431 g/mol. The number of fused-ring (bicyclic) bond motifs is 2. The number of thiophene rings is 1. The lowest BCUT2D eigenvalue weighted by molar-refractivity contribution is -0.117. The molecule has 2 heterocycles. The minimum atomic E-state index is -0.377. The molecule has 0 saturated heterocycles. The van der Waals surface area contributed by atoms with E-state index in [1.165, 1.54) is 28.9 Å². The summed E-state index contributed by atoms with van der Waals surface area (Å²) in [5, 5.41) is 3.57. The van der Waals surface area contributed by atoms with Crippen LogP contribution >= 0.6 is 11.3 Å². The van der Waals surface area contributed by atoms with Gasteiger partial charge in [0.05, 0.1) is 33.4 Å². The van der Waals surface area contributed by atoms with Crippen molar-refractivity contribution in [3.63, 3.8) is 0 Å². The number of anilines is 1. The topological polar surface area (TPSA) is 77.1 Å². The van der Waals surface area contributed by atoms with Gasteiger partial charge in [-0.05, 0) is 54.5 Å². The maximum atomic E-state index is 12.8. The van der Waals surface area contributed by atoms with E-state index in [0.29, 0.717) is 22.9 Å². The van der Waals surface area contributed by atoms with Gasteiger partial charge < -0.3 is 19.5 Å². The number of ether oxygens (including phenoxy) is 3. The summed E-state index contributed by atoms with van der Waals surface area (Å²) < 4.78 is 15.8. The van der Waals surface area contributed by atoms with Crippen molar-refractivity contribution in [3.05, 3.63) is 39.3 Å². The molecule has 30 heavy (non-hydrogen) atoms. The fourth-order valence-corrected chi connectivity index (χ4v) is 5.55. The third-order valence-electron chi connectivity index (χ3n) is 5.73. The molecule has 2 aromatic rings. The van der Waals surface area contributed by atoms with Gasteiger partial charge in [0.25, 0.3) is 0 Å². The third-order valence-corrected chi connectivity index (χ3v) is 6.94. The summed E-state index contributed by atoms with van der Waals surface area (Å²) in [4.78, 5) is 28.3. The molecule has 4 rings (SSSR count). The summed E-state index contributed by atoms with van der Waals surface area (Å²) in [5.41, 5.74) is 3.92. The molecule has 0 unspecified atom stereocenters. The van der Waals surface area contributed by atoms with Crippen LogP contribution in [-0.4, -0.2) is 51.2 Å². The molecule has 1 aliphatic heterocycles. The highest BCUT2D eigenvalue weighted by molar-refractivity contribution is 7.17. The minimum absolute atomic E-state index is 0.121. The number of esters is 1. The van der Waals surface area contributed by atoms with Gasteiger partial charge in [-0.1, -0.05) is 0 Å². The van der Waals surface area contributed by atoms with E-state index in [2.05, 4.69) is 10.2 Å². The maximum absolute atomic E-state index is 12.8. The van der Waals surface area contributed by atoms with Gasteiger partial charge in [-0.15, -0.1) is 11.3 Å². The highest BCUT2D eigenvalue weighted by Gasteiger charge is 2.28. The number of hydrogen-bond donors (Lipinski definition) is 1. The fourth-order valence-electron chi connectivity index (χ4n) is 4.26. The second-order valence-electron chi connectivity index (χ2n) is 7.54. The molecule has 0 fully saturated rings. The van der Waals surface area contributed by atoms with Crippen molar-refractivity contribution in [2.75, 3.05) is 39.7 Å². The van der Waals surface area contributed by atoms with Crippen LogP contribution in [0.15, 0.2) is 12.1 Å². The molecule has 0 atom stereocenters. The average Bonchev–Trinajstić information content (AvgIpc) is 3.32. The van der Waals surface area contributed by atoms with Gasteiger partial charge in [-0.2, -0.15) is 0 Å². The predicted molar refractivity (Wildman–Crippen MR) is 115 cm³/mol. The molecule has 7 nitrogen and oxygen atoms in total. The van der Waals surface area contributed by atoms with Gasteiger partial charge in [-0.3, -0.25) is 9.69 Å². The van der Waals surface area contributed by atoms with Gasteiger partial charge in [0.2, 0.25) is 5.91 Å². The summed E-state index contributed by atoms with van der Waals surface area (Å²) in [6.45, 7) is 1.70. The summed E-state index contributed by atoms with van der Waals surface area (Å²) in [5.74, 6) is 0.920. The quantitative estimate of drug-likeness (QED) is 0.710. The molecule has 1 aromatic carbocycles. The number of methoxy groups -OCH3 is 3. The Balaban J connectivity index is 1.45. The summed E-state index contributed by atoms with van der Waals surface area (Å²) in [7, 11) is 4.63. The number of aryl methyl sites for hydroxylation is 1. The first-order valence-electron chi connectivity index (χ1n) is 10.0. The normalized spacial score (nSPS) is 15.3. The van der Waals surface area contributed by atoms with E-state index in [-0.39, 0.29) is 18.4 Å². The first-order chi connectivity index (χ1) is 14.5. The zero-order valence-corrected chi connectivity index (χ0v) is 18.3. The Hall–Kier alpha value is -2.58. The number of nitrogens with zero attached hydrogens (tertiary/aromatic N) is 1. The van der Waals surface area contributed by atoms with Crippen LogP contribution in [0.1, 0.15) is 38.3 Å². The van der Waals surface area contributed by atoms with Crippen LogP contribution in [0.4, 0.5) is 5.00 Å². The maximum Gasteiger partial charge on any atom is 0.341 e. The van der Waals surface area contributed by atoms with Crippen molar-refractivity contribution in [1.29, 1.82) is 0 Å². The van der Waals surface area contributed by atoms with Crippen molar-refractivity contribution in [2.45, 2.75) is 32.2 Å². The molecule has 0 saturated carbocycles. The number of benzene rings is 1. The van der Waals surface area contributed by atoms with Gasteiger partial charge in [0.1, 0.15) is 5.00 Å². The van der Waals surface area contributed by atoms with Crippen LogP contribution < -0.4 is 14.8 Å². The summed E-state index contributed by atoms with van der Waals surface area (Å²) >= 11 is 1.50. The molecule has 0 radical (unpaired) electrons. The van der Waals surface area contributed by atoms with E-state index < -0.39 is 0 Å². The minimum Gasteiger partial charge on any atom is -0.493 e. The van der Waals surface area contributed by atoms with E-state index in [9.17, 15) is 9.59 Å². The molecular weight excluding hydrogens is 404 g/mol. The van der Waals surface area contributed by atoms with Gasteiger partial charge in [-0.25, -0.2) is 4.79 Å². The number of rotatable bonds is 6. The Morgan fingerprint density at radius 2 is 1.80 bits per heavy atom. The van der Waals surface area contributed by atoms with Crippen LogP contribution in [0.3, 0.4) is 0 Å². The van der Waals surface area contributed by atoms with Gasteiger partial charge >= 0.3 is 5.97 Å². The SMILES string of the molecule is COC(=O)c1c(NC(=O)CN2CCc3cc(OC)c(OC)cc3C2)sc2c1CCC2. The van der Waals surface area contributed by atoms with E-state index in [4.69, 9.17) is 14.2 Å². The molecule has 2 aliphatic rings.